The molecule has 0 N–H and O–H groups in total. The van der Waals surface area contributed by atoms with Crippen molar-refractivity contribution in [1.82, 2.24) is 0 Å². The third-order valence-electron chi connectivity index (χ3n) is 8.65. The number of hydrogen-bond acceptors (Lipinski definition) is 8. The van der Waals surface area contributed by atoms with Crippen LogP contribution in [0.25, 0.3) is 0 Å². The van der Waals surface area contributed by atoms with Crippen LogP contribution in [0.15, 0.2) is 24.3 Å². The van der Waals surface area contributed by atoms with Crippen molar-refractivity contribution in [2.24, 2.45) is 0 Å². The number of carbonyl (C=O) groups excluding carboxylic acids is 4. The summed E-state index contributed by atoms with van der Waals surface area (Å²) in [6.07, 6.45) is 33.2. The van der Waals surface area contributed by atoms with Gasteiger partial charge in [-0.2, -0.15) is 0 Å². The highest BCUT2D eigenvalue weighted by Crippen LogP contribution is 2.16. The van der Waals surface area contributed by atoms with Gasteiger partial charge in [0.25, 0.3) is 0 Å². The maximum Gasteiger partial charge on any atom is 0.321 e. The first-order valence-electron chi connectivity index (χ1n) is 20.0. The van der Waals surface area contributed by atoms with Gasteiger partial charge < -0.3 is 18.9 Å². The van der Waals surface area contributed by atoms with E-state index in [0.717, 1.165) is 128 Å². The fraction of sp³-hybridized carbons (Fsp3) is 0.805. The zero-order valence-corrected chi connectivity index (χ0v) is 33.5. The molecule has 0 unspecified atom stereocenters. The molecule has 0 rings (SSSR count). The molecule has 0 aromatic rings. The maximum absolute atomic E-state index is 12.0. The zero-order valence-electron chi connectivity index (χ0n) is 32.0. The average molecular weight is 762 g/mol. The summed E-state index contributed by atoms with van der Waals surface area (Å²) in [6, 6.07) is 0. The van der Waals surface area contributed by atoms with Crippen LogP contribution in [0.1, 0.15) is 181 Å². The number of hydrogen-bond donors (Lipinski definition) is 0. The molecule has 296 valence electrons. The van der Waals surface area contributed by atoms with Gasteiger partial charge in [-0.3, -0.25) is 19.2 Å². The quantitative estimate of drug-likeness (QED) is 0.0155. The van der Waals surface area contributed by atoms with Crippen LogP contribution < -0.4 is 0 Å². The first-order valence-corrected chi connectivity index (χ1v) is 21.0. The molecule has 0 saturated carbocycles. The van der Waals surface area contributed by atoms with E-state index in [1.54, 1.807) is 0 Å². The van der Waals surface area contributed by atoms with Gasteiger partial charge in [-0.05, 0) is 64.2 Å². The van der Waals surface area contributed by atoms with E-state index in [0.29, 0.717) is 12.8 Å². The summed E-state index contributed by atoms with van der Waals surface area (Å²) in [7, 11) is 0. The van der Waals surface area contributed by atoms with Crippen LogP contribution in [0.4, 0.5) is 0 Å². The van der Waals surface area contributed by atoms with Gasteiger partial charge in [0.1, 0.15) is 24.0 Å². The van der Waals surface area contributed by atoms with E-state index in [9.17, 15) is 19.2 Å². The molecule has 0 aliphatic heterocycles. The molecular weight excluding hydrogens is 691 g/mol. The summed E-state index contributed by atoms with van der Waals surface area (Å²) in [4.78, 5) is 47.1. The van der Waals surface area contributed by atoms with Crippen LogP contribution in [-0.2, 0) is 38.1 Å². The second kappa shape index (κ2) is 37.7. The molecule has 0 amide bonds. The molecule has 0 fully saturated rings. The summed E-state index contributed by atoms with van der Waals surface area (Å²) in [6.45, 7) is 4.04. The third-order valence-corrected chi connectivity index (χ3v) is 9.08. The summed E-state index contributed by atoms with van der Waals surface area (Å²) < 4.78 is 21.1. The van der Waals surface area contributed by atoms with E-state index in [-0.39, 0.29) is 54.6 Å². The van der Waals surface area contributed by atoms with Crippen molar-refractivity contribution in [2.75, 3.05) is 18.6 Å². The third kappa shape index (κ3) is 34.8. The summed E-state index contributed by atoms with van der Waals surface area (Å²) in [5.41, 5.74) is 0. The highest BCUT2D eigenvalue weighted by Gasteiger charge is 2.13. The standard InChI is InChI=1S/C41H70Cl2O8/c1-3-5-7-21-27-36(50-40(46)33-42)29-23-17-13-9-11-15-19-25-31-38(44)48-35-49-39(45)32-26-20-16-12-10-14-18-24-30-37(51-41(47)34-43)28-22-8-6-4-2/h17-18,23-24,36-37H,3-16,19-22,25-35H2,1-2H3/t36-,37+. The van der Waals surface area contributed by atoms with Crippen LogP contribution >= 0.6 is 23.2 Å². The van der Waals surface area contributed by atoms with Crippen molar-refractivity contribution in [3.63, 3.8) is 0 Å². The van der Waals surface area contributed by atoms with E-state index in [1.807, 2.05) is 0 Å². The lowest BCUT2D eigenvalue weighted by Gasteiger charge is -2.15. The molecule has 0 aromatic heterocycles. The Morgan fingerprint density at radius 1 is 0.471 bits per heavy atom. The van der Waals surface area contributed by atoms with Crippen LogP contribution in [0.2, 0.25) is 0 Å². The monoisotopic (exact) mass is 760 g/mol. The fourth-order valence-electron chi connectivity index (χ4n) is 5.64. The number of allylic oxidation sites excluding steroid dienone is 2. The molecule has 2 atom stereocenters. The lowest BCUT2D eigenvalue weighted by atomic mass is 10.1. The van der Waals surface area contributed by atoms with E-state index >= 15 is 0 Å². The van der Waals surface area contributed by atoms with Gasteiger partial charge in [0.05, 0.1) is 0 Å². The Labute approximate surface area is 320 Å². The second-order valence-electron chi connectivity index (χ2n) is 13.4. The Morgan fingerprint density at radius 3 is 1.24 bits per heavy atom. The van der Waals surface area contributed by atoms with Gasteiger partial charge in [-0.15, -0.1) is 23.2 Å². The molecule has 0 aliphatic rings. The van der Waals surface area contributed by atoms with E-state index in [1.165, 1.54) is 25.7 Å². The molecule has 0 saturated heterocycles. The van der Waals surface area contributed by atoms with Crippen LogP contribution in [0, 0.1) is 0 Å². The van der Waals surface area contributed by atoms with Gasteiger partial charge in [0, 0.05) is 25.7 Å². The van der Waals surface area contributed by atoms with Crippen LogP contribution in [0.5, 0.6) is 0 Å². The molecule has 0 aromatic carbocycles. The highest BCUT2D eigenvalue weighted by molar-refractivity contribution is 6.26. The Morgan fingerprint density at radius 2 is 0.843 bits per heavy atom. The van der Waals surface area contributed by atoms with Crippen molar-refractivity contribution in [3.05, 3.63) is 24.3 Å². The lowest BCUT2D eigenvalue weighted by Crippen LogP contribution is -2.18. The molecule has 0 bridgehead atoms. The van der Waals surface area contributed by atoms with Gasteiger partial charge in [0.2, 0.25) is 6.79 Å². The van der Waals surface area contributed by atoms with Gasteiger partial charge >= 0.3 is 23.9 Å². The van der Waals surface area contributed by atoms with Gasteiger partial charge in [-0.25, -0.2) is 0 Å². The topological polar surface area (TPSA) is 105 Å². The Balaban J connectivity index is 3.77. The molecule has 0 heterocycles. The summed E-state index contributed by atoms with van der Waals surface area (Å²) in [5, 5.41) is 0. The van der Waals surface area contributed by atoms with Crippen molar-refractivity contribution in [1.29, 1.82) is 0 Å². The number of alkyl halides is 2. The number of unbranched alkanes of at least 4 members (excludes halogenated alkanes) is 16. The molecule has 0 radical (unpaired) electrons. The van der Waals surface area contributed by atoms with Crippen molar-refractivity contribution < 1.29 is 38.1 Å². The number of rotatable bonds is 36. The van der Waals surface area contributed by atoms with Crippen molar-refractivity contribution >= 4 is 47.1 Å². The average Bonchev–Trinajstić information content (AvgIpc) is 3.12. The molecule has 0 spiro atoms. The highest BCUT2D eigenvalue weighted by atomic mass is 35.5. The maximum atomic E-state index is 12.0. The van der Waals surface area contributed by atoms with Crippen LogP contribution in [0.3, 0.4) is 0 Å². The molecule has 8 nitrogen and oxygen atoms in total. The second-order valence-corrected chi connectivity index (χ2v) is 13.9. The molecule has 10 heteroatoms. The minimum absolute atomic E-state index is 0.0960. The van der Waals surface area contributed by atoms with Crippen LogP contribution in [-0.4, -0.2) is 54.6 Å². The first-order chi connectivity index (χ1) is 24.9. The largest absolute Gasteiger partial charge is 0.461 e. The van der Waals surface area contributed by atoms with Crippen molar-refractivity contribution in [2.45, 2.75) is 193 Å². The molecule has 51 heavy (non-hydrogen) atoms. The zero-order chi connectivity index (χ0) is 37.6. The van der Waals surface area contributed by atoms with Crippen molar-refractivity contribution in [3.8, 4) is 0 Å². The predicted molar refractivity (Wildman–Crippen MR) is 208 cm³/mol. The number of carbonyl (C=O) groups is 4. The smallest absolute Gasteiger partial charge is 0.321 e. The Bertz CT molecular complexity index is 851. The van der Waals surface area contributed by atoms with E-state index in [2.05, 4.69) is 38.2 Å². The number of halogens is 2. The van der Waals surface area contributed by atoms with E-state index < -0.39 is 0 Å². The normalized spacial score (nSPS) is 12.6. The van der Waals surface area contributed by atoms with E-state index in [4.69, 9.17) is 42.1 Å². The minimum atomic E-state index is -0.352. The predicted octanol–water partition coefficient (Wildman–Crippen LogP) is 11.6. The Kier molecular flexibility index (Phi) is 36.2. The fourth-order valence-corrected chi connectivity index (χ4v) is 5.77. The first kappa shape index (κ1) is 48.9. The summed E-state index contributed by atoms with van der Waals surface area (Å²) >= 11 is 11.2. The number of ether oxygens (including phenoxy) is 4. The number of esters is 4. The minimum Gasteiger partial charge on any atom is -0.461 e. The lowest BCUT2D eigenvalue weighted by molar-refractivity contribution is -0.167. The summed E-state index contributed by atoms with van der Waals surface area (Å²) in [5.74, 6) is -1.59. The Hall–Kier alpha value is -2.06. The van der Waals surface area contributed by atoms with Gasteiger partial charge in [0.15, 0.2) is 0 Å². The SMILES string of the molecule is CCCCCC[C@@H](CC=CCCCCCCCC(=O)OCOC(=O)CCCCCCCC=CC[C@@H](CCCCCC)OC(=O)CCl)OC(=O)CCl. The van der Waals surface area contributed by atoms with Gasteiger partial charge in [-0.1, -0.05) is 115 Å². The molecular formula is C41H70Cl2O8. The molecule has 0 aliphatic carbocycles.